The summed E-state index contributed by atoms with van der Waals surface area (Å²) >= 11 is 0. The lowest BCUT2D eigenvalue weighted by Gasteiger charge is -2.57. The van der Waals surface area contributed by atoms with Crippen molar-refractivity contribution >= 4 is 17.6 Å². The van der Waals surface area contributed by atoms with Crippen molar-refractivity contribution in [1.82, 2.24) is 0 Å². The molecular weight excluding hydrogens is 504 g/mol. The first kappa shape index (κ1) is 28.0. The topological polar surface area (TPSA) is 35.5 Å². The molecule has 0 N–H and O–H groups in total. The second kappa shape index (κ2) is 12.4. The van der Waals surface area contributed by atoms with Gasteiger partial charge < -0.3 is 9.47 Å². The minimum Gasteiger partial charge on any atom is -0.462 e. The first-order valence-corrected chi connectivity index (χ1v) is 15.7. The Kier molecular flexibility index (Phi) is 8.44. The van der Waals surface area contributed by atoms with Crippen LogP contribution >= 0.6 is 0 Å². The molecule has 0 amide bonds. The molecule has 3 nitrogen and oxygen atoms in total. The predicted octanol–water partition coefficient (Wildman–Crippen LogP) is 9.04. The molecule has 0 radical (unpaired) electrons. The number of hydrogen-bond acceptors (Lipinski definition) is 3. The van der Waals surface area contributed by atoms with E-state index < -0.39 is 0 Å². The summed E-state index contributed by atoms with van der Waals surface area (Å²) in [4.78, 5) is 12.1. The maximum Gasteiger partial charge on any atom is 0.338 e. The molecular formula is C38H44O3. The number of aryl methyl sites for hydroxylation is 1. The van der Waals surface area contributed by atoms with Crippen LogP contribution in [0.5, 0.6) is 0 Å². The summed E-state index contributed by atoms with van der Waals surface area (Å²) in [6.07, 6.45) is 12.9. The van der Waals surface area contributed by atoms with Gasteiger partial charge in [-0.3, -0.25) is 0 Å². The predicted molar refractivity (Wildman–Crippen MR) is 167 cm³/mol. The molecule has 3 aromatic carbocycles. The zero-order valence-electron chi connectivity index (χ0n) is 24.7. The first-order chi connectivity index (χ1) is 20.0. The third kappa shape index (κ3) is 6.36. The van der Waals surface area contributed by atoms with Gasteiger partial charge in [-0.2, -0.15) is 0 Å². The van der Waals surface area contributed by atoms with E-state index in [0.29, 0.717) is 24.2 Å². The van der Waals surface area contributed by atoms with Crippen LogP contribution in [-0.2, 0) is 27.9 Å². The zero-order valence-corrected chi connectivity index (χ0v) is 24.7. The normalized spacial score (nSPS) is 24.9. The minimum atomic E-state index is -0.263. The van der Waals surface area contributed by atoms with Crippen molar-refractivity contribution in [2.75, 3.05) is 13.2 Å². The summed E-state index contributed by atoms with van der Waals surface area (Å²) < 4.78 is 11.2. The fourth-order valence-electron chi connectivity index (χ4n) is 8.37. The molecule has 0 aliphatic heterocycles. The molecule has 0 atom stereocenters. The van der Waals surface area contributed by atoms with E-state index >= 15 is 0 Å². The molecule has 3 heteroatoms. The van der Waals surface area contributed by atoms with Gasteiger partial charge in [0.1, 0.15) is 0 Å². The van der Waals surface area contributed by atoms with Gasteiger partial charge in [-0.15, -0.1) is 0 Å². The van der Waals surface area contributed by atoms with Crippen LogP contribution in [-0.4, -0.2) is 19.2 Å². The van der Waals surface area contributed by atoms with Gasteiger partial charge in [0, 0.05) is 6.61 Å². The first-order valence-electron chi connectivity index (χ1n) is 15.7. The Morgan fingerprint density at radius 2 is 1.54 bits per heavy atom. The molecule has 4 bridgehead atoms. The Morgan fingerprint density at radius 1 is 0.878 bits per heavy atom. The van der Waals surface area contributed by atoms with Crippen LogP contribution in [0, 0.1) is 17.8 Å². The maximum atomic E-state index is 12.1. The minimum absolute atomic E-state index is 0.263. The number of carbonyl (C=O) groups excluding carboxylic acids is 1. The highest BCUT2D eigenvalue weighted by Gasteiger charge is 2.52. The number of carbonyl (C=O) groups is 1. The number of ether oxygens (including phenoxy) is 2. The van der Waals surface area contributed by atoms with Gasteiger partial charge in [-0.1, -0.05) is 66.7 Å². The number of esters is 1. The lowest BCUT2D eigenvalue weighted by molar-refractivity contribution is -0.00564. The van der Waals surface area contributed by atoms with Crippen LogP contribution in [0.1, 0.15) is 97.0 Å². The molecule has 3 aromatic rings. The van der Waals surface area contributed by atoms with E-state index in [4.69, 9.17) is 9.47 Å². The largest absolute Gasteiger partial charge is 0.462 e. The van der Waals surface area contributed by atoms with Crippen LogP contribution in [0.3, 0.4) is 0 Å². The van der Waals surface area contributed by atoms with Gasteiger partial charge in [0.25, 0.3) is 0 Å². The molecule has 0 heterocycles. The van der Waals surface area contributed by atoms with E-state index in [-0.39, 0.29) is 5.97 Å². The Bertz CT molecular complexity index is 1330. The van der Waals surface area contributed by atoms with Crippen LogP contribution < -0.4 is 0 Å². The second-order valence-electron chi connectivity index (χ2n) is 12.9. The zero-order chi connectivity index (χ0) is 28.2. The summed E-state index contributed by atoms with van der Waals surface area (Å²) in [6, 6.07) is 25.5. The molecule has 4 fully saturated rings. The molecule has 4 aliphatic rings. The lowest BCUT2D eigenvalue weighted by atomic mass is 9.47. The molecule has 0 unspecified atom stereocenters. The summed E-state index contributed by atoms with van der Waals surface area (Å²) in [5, 5.41) is 0. The highest BCUT2D eigenvalue weighted by molar-refractivity contribution is 5.90. The average molecular weight is 549 g/mol. The number of allylic oxidation sites excluding steroid dienone is 1. The summed E-state index contributed by atoms with van der Waals surface area (Å²) in [6.45, 7) is 5.92. The summed E-state index contributed by atoms with van der Waals surface area (Å²) in [5.41, 5.74) is 9.03. The molecule has 0 saturated heterocycles. The van der Waals surface area contributed by atoms with Gasteiger partial charge in [0.2, 0.25) is 0 Å². The van der Waals surface area contributed by atoms with Gasteiger partial charge >= 0.3 is 5.97 Å². The molecule has 41 heavy (non-hydrogen) atoms. The Labute approximate surface area is 246 Å². The van der Waals surface area contributed by atoms with Crippen molar-refractivity contribution in [2.24, 2.45) is 17.8 Å². The van der Waals surface area contributed by atoms with Gasteiger partial charge in [0.15, 0.2) is 0 Å². The van der Waals surface area contributed by atoms with E-state index in [1.54, 1.807) is 5.56 Å². The van der Waals surface area contributed by atoms with Crippen molar-refractivity contribution in [3.05, 3.63) is 106 Å². The smallest absolute Gasteiger partial charge is 0.338 e. The number of hydrogen-bond donors (Lipinski definition) is 0. The van der Waals surface area contributed by atoms with Crippen LogP contribution in [0.2, 0.25) is 0 Å². The monoisotopic (exact) mass is 548 g/mol. The number of benzene rings is 3. The van der Waals surface area contributed by atoms with E-state index in [1.165, 1.54) is 60.8 Å². The third-order valence-corrected chi connectivity index (χ3v) is 9.83. The molecule has 0 spiro atoms. The van der Waals surface area contributed by atoms with Crippen molar-refractivity contribution < 1.29 is 14.3 Å². The van der Waals surface area contributed by atoms with Crippen molar-refractivity contribution in [1.29, 1.82) is 0 Å². The van der Waals surface area contributed by atoms with Crippen LogP contribution in [0.25, 0.3) is 11.6 Å². The van der Waals surface area contributed by atoms with Crippen molar-refractivity contribution in [3.63, 3.8) is 0 Å². The van der Waals surface area contributed by atoms with Gasteiger partial charge in [-0.05, 0) is 134 Å². The molecule has 4 saturated carbocycles. The summed E-state index contributed by atoms with van der Waals surface area (Å²) in [7, 11) is 0. The Hall–Kier alpha value is -3.17. The highest BCUT2D eigenvalue weighted by atomic mass is 16.5. The van der Waals surface area contributed by atoms with Gasteiger partial charge in [0.05, 0.1) is 18.8 Å². The van der Waals surface area contributed by atoms with Crippen molar-refractivity contribution in [2.45, 2.75) is 77.2 Å². The standard InChI is InChI=1S/C38H44O3/c1-3-41-37(39)34-13-11-28(12-14-34)18-27(2)35-16-15-33(10-7-17-40-26-29-8-5-4-6-9-29)36(22-35)38-23-30-19-31(24-38)21-32(20-30)25-38/h4-6,8-9,11-16,18,22,30-32H,3,7,10,17,19-21,23-26H2,1-2H3. The number of rotatable bonds is 11. The highest BCUT2D eigenvalue weighted by Crippen LogP contribution is 2.61. The maximum absolute atomic E-state index is 12.1. The van der Waals surface area contributed by atoms with E-state index in [2.05, 4.69) is 61.5 Å². The quantitative estimate of drug-likeness (QED) is 0.136. The van der Waals surface area contributed by atoms with Crippen LogP contribution in [0.4, 0.5) is 0 Å². The summed E-state index contributed by atoms with van der Waals surface area (Å²) in [5.74, 6) is 2.49. The molecule has 214 valence electrons. The van der Waals surface area contributed by atoms with E-state index in [1.807, 2.05) is 31.2 Å². The molecule has 0 aromatic heterocycles. The lowest BCUT2D eigenvalue weighted by Crippen LogP contribution is -2.49. The molecule has 4 aliphatic carbocycles. The average Bonchev–Trinajstić information content (AvgIpc) is 2.97. The second-order valence-corrected chi connectivity index (χ2v) is 12.9. The van der Waals surface area contributed by atoms with Gasteiger partial charge in [-0.25, -0.2) is 4.79 Å². The fraction of sp³-hybridized carbons (Fsp3) is 0.447. The SMILES string of the molecule is CCOC(=O)c1ccc(C=C(C)c2ccc(CCCOCc3ccccc3)c(C34CC5CC(CC(C5)C3)C4)c2)cc1. The van der Waals surface area contributed by atoms with Crippen molar-refractivity contribution in [3.8, 4) is 0 Å². The fourth-order valence-corrected chi connectivity index (χ4v) is 8.37. The van der Waals surface area contributed by atoms with Crippen LogP contribution in [0.15, 0.2) is 72.8 Å². The molecule has 7 rings (SSSR count). The Balaban J connectivity index is 1.22. The van der Waals surface area contributed by atoms with E-state index in [9.17, 15) is 4.79 Å². The third-order valence-electron chi connectivity index (χ3n) is 9.83. The Morgan fingerprint density at radius 3 is 2.20 bits per heavy atom. The van der Waals surface area contributed by atoms with E-state index in [0.717, 1.165) is 42.8 Å².